The Morgan fingerprint density at radius 3 is 2.74 bits per heavy atom. The summed E-state index contributed by atoms with van der Waals surface area (Å²) in [5.74, 6) is -0.267. The minimum Gasteiger partial charge on any atom is -0.384 e. The zero-order chi connectivity index (χ0) is 14.5. The van der Waals surface area contributed by atoms with Crippen molar-refractivity contribution >= 4 is 5.78 Å². The lowest BCUT2D eigenvalue weighted by molar-refractivity contribution is -0.116. The topological polar surface area (TPSA) is 42.0 Å². The average Bonchev–Trinajstić information content (AvgIpc) is 2.25. The number of aromatic nitrogens is 1. The number of carbonyl (C=O) groups excluding carboxylic acids is 1. The van der Waals surface area contributed by atoms with Gasteiger partial charge < -0.3 is 5.32 Å². The van der Waals surface area contributed by atoms with Crippen molar-refractivity contribution in [2.24, 2.45) is 5.41 Å². The maximum atomic E-state index is 13.3. The molecule has 0 aliphatic heterocycles. The number of halogens is 1. The molecule has 0 amide bonds. The van der Waals surface area contributed by atoms with Crippen LogP contribution in [0.1, 0.15) is 39.7 Å². The maximum absolute atomic E-state index is 13.3. The summed E-state index contributed by atoms with van der Waals surface area (Å²) in [4.78, 5) is 15.4. The van der Waals surface area contributed by atoms with Gasteiger partial charge in [-0.1, -0.05) is 20.8 Å². The Balaban J connectivity index is 2.54. The molecular weight excluding hydrogens is 243 g/mol. The molecule has 0 saturated carbocycles. The van der Waals surface area contributed by atoms with Crippen molar-refractivity contribution in [3.63, 3.8) is 0 Å². The molecule has 0 aliphatic carbocycles. The van der Waals surface area contributed by atoms with Gasteiger partial charge in [-0.25, -0.2) is 4.39 Å². The lowest BCUT2D eigenvalue weighted by atomic mass is 9.90. The zero-order valence-corrected chi connectivity index (χ0v) is 12.0. The zero-order valence-electron chi connectivity index (χ0n) is 12.0. The van der Waals surface area contributed by atoms with Crippen LogP contribution >= 0.6 is 0 Å². The molecule has 0 radical (unpaired) electrons. The van der Waals surface area contributed by atoms with E-state index in [9.17, 15) is 9.18 Å². The third-order valence-corrected chi connectivity index (χ3v) is 2.50. The summed E-state index contributed by atoms with van der Waals surface area (Å²) >= 11 is 0. The van der Waals surface area contributed by atoms with Gasteiger partial charge in [-0.3, -0.25) is 9.78 Å². The van der Waals surface area contributed by atoms with E-state index in [1.165, 1.54) is 6.20 Å². The lowest BCUT2D eigenvalue weighted by Gasteiger charge is -2.15. The molecule has 0 aromatic carbocycles. The number of ketones is 1. The summed E-state index contributed by atoms with van der Waals surface area (Å²) < 4.78 is 13.3. The Labute approximate surface area is 113 Å². The highest BCUT2D eigenvalue weighted by atomic mass is 19.1. The highest BCUT2D eigenvalue weighted by molar-refractivity contribution is 5.90. The minimum absolute atomic E-state index is 0.0227. The van der Waals surface area contributed by atoms with Crippen molar-refractivity contribution in [1.29, 1.82) is 0 Å². The number of nitrogens with zero attached hydrogens (tertiary/aromatic N) is 1. The van der Waals surface area contributed by atoms with Crippen LogP contribution in [0.15, 0.2) is 30.2 Å². The third-order valence-electron chi connectivity index (χ3n) is 2.50. The maximum Gasteiger partial charge on any atom is 0.157 e. The van der Waals surface area contributed by atoms with E-state index in [0.717, 1.165) is 5.70 Å². The minimum atomic E-state index is -0.344. The predicted molar refractivity (Wildman–Crippen MR) is 73.9 cm³/mol. The van der Waals surface area contributed by atoms with Gasteiger partial charge in [0.05, 0.1) is 6.20 Å². The average molecular weight is 264 g/mol. The number of pyridine rings is 1. The van der Waals surface area contributed by atoms with E-state index >= 15 is 0 Å². The molecule has 0 saturated heterocycles. The van der Waals surface area contributed by atoms with Crippen molar-refractivity contribution in [2.45, 2.75) is 40.7 Å². The molecule has 1 N–H and O–H groups in total. The van der Waals surface area contributed by atoms with Crippen molar-refractivity contribution < 1.29 is 9.18 Å². The van der Waals surface area contributed by atoms with Gasteiger partial charge in [0.15, 0.2) is 5.78 Å². The van der Waals surface area contributed by atoms with Crippen molar-refractivity contribution in [3.8, 4) is 0 Å². The number of hydrogen-bond donors (Lipinski definition) is 1. The predicted octanol–water partition coefficient (Wildman–Crippen LogP) is 3.22. The number of rotatable bonds is 5. The van der Waals surface area contributed by atoms with Gasteiger partial charge in [0.25, 0.3) is 0 Å². The van der Waals surface area contributed by atoms with Crippen LogP contribution in [0.5, 0.6) is 0 Å². The van der Waals surface area contributed by atoms with Gasteiger partial charge in [-0.2, -0.15) is 0 Å². The molecule has 0 unspecified atom stereocenters. The first-order valence-corrected chi connectivity index (χ1v) is 6.31. The first kappa shape index (κ1) is 15.3. The standard InChI is InChI=1S/C15H21FN2O/c1-11(7-13(19)8-15(2,3)4)18-9-12-5-6-17-10-14(12)16/h5-7,10,18H,8-9H2,1-4H3. The Hall–Kier alpha value is -1.71. The number of carbonyl (C=O) groups is 1. The molecule has 104 valence electrons. The fourth-order valence-electron chi connectivity index (χ4n) is 1.65. The second kappa shape index (κ2) is 6.45. The van der Waals surface area contributed by atoms with E-state index in [2.05, 4.69) is 10.3 Å². The molecule has 1 heterocycles. The molecule has 19 heavy (non-hydrogen) atoms. The summed E-state index contributed by atoms with van der Waals surface area (Å²) in [6, 6.07) is 1.62. The summed E-state index contributed by atoms with van der Waals surface area (Å²) in [6.07, 6.45) is 4.80. The summed E-state index contributed by atoms with van der Waals surface area (Å²) in [6.45, 7) is 8.22. The Bertz CT molecular complexity index is 475. The summed E-state index contributed by atoms with van der Waals surface area (Å²) in [5.41, 5.74) is 1.25. The van der Waals surface area contributed by atoms with Gasteiger partial charge in [0, 0.05) is 30.4 Å². The molecule has 0 atom stereocenters. The molecule has 4 heteroatoms. The van der Waals surface area contributed by atoms with Crippen LogP contribution < -0.4 is 5.32 Å². The van der Waals surface area contributed by atoms with Gasteiger partial charge in [0.2, 0.25) is 0 Å². The van der Waals surface area contributed by atoms with Crippen LogP contribution in [0, 0.1) is 11.2 Å². The highest BCUT2D eigenvalue weighted by Gasteiger charge is 2.14. The van der Waals surface area contributed by atoms with Crippen molar-refractivity contribution in [3.05, 3.63) is 41.6 Å². The van der Waals surface area contributed by atoms with E-state index in [1.807, 2.05) is 20.8 Å². The monoisotopic (exact) mass is 264 g/mol. The summed E-state index contributed by atoms with van der Waals surface area (Å²) in [5, 5.41) is 3.03. The van der Waals surface area contributed by atoms with Gasteiger partial charge >= 0.3 is 0 Å². The largest absolute Gasteiger partial charge is 0.384 e. The van der Waals surface area contributed by atoms with Crippen molar-refractivity contribution in [2.75, 3.05) is 0 Å². The molecular formula is C15H21FN2O. The smallest absolute Gasteiger partial charge is 0.157 e. The van der Waals surface area contributed by atoms with Crippen LogP contribution in [-0.2, 0) is 11.3 Å². The van der Waals surface area contributed by atoms with Crippen LogP contribution in [0.4, 0.5) is 4.39 Å². The van der Waals surface area contributed by atoms with Gasteiger partial charge in [0.1, 0.15) is 5.82 Å². The first-order valence-electron chi connectivity index (χ1n) is 6.31. The van der Waals surface area contributed by atoms with E-state index in [4.69, 9.17) is 0 Å². The second-order valence-corrected chi connectivity index (χ2v) is 5.85. The lowest BCUT2D eigenvalue weighted by Crippen LogP contribution is -2.15. The second-order valence-electron chi connectivity index (χ2n) is 5.85. The Morgan fingerprint density at radius 1 is 1.47 bits per heavy atom. The quantitative estimate of drug-likeness (QED) is 0.830. The number of allylic oxidation sites excluding steroid dienone is 2. The fourth-order valence-corrected chi connectivity index (χ4v) is 1.65. The normalized spacial score (nSPS) is 12.4. The molecule has 1 rings (SSSR count). The van der Waals surface area contributed by atoms with Crippen LogP contribution in [0.3, 0.4) is 0 Å². The van der Waals surface area contributed by atoms with Gasteiger partial charge in [-0.15, -0.1) is 0 Å². The number of hydrogen-bond acceptors (Lipinski definition) is 3. The molecule has 0 bridgehead atoms. The summed E-state index contributed by atoms with van der Waals surface area (Å²) in [7, 11) is 0. The van der Waals surface area contributed by atoms with E-state index in [0.29, 0.717) is 18.5 Å². The van der Waals surface area contributed by atoms with Crippen molar-refractivity contribution in [1.82, 2.24) is 10.3 Å². The molecule has 3 nitrogen and oxygen atoms in total. The fraction of sp³-hybridized carbons (Fsp3) is 0.467. The van der Waals surface area contributed by atoms with Crippen LogP contribution in [-0.4, -0.2) is 10.8 Å². The Morgan fingerprint density at radius 2 is 2.16 bits per heavy atom. The Kier molecular flexibility index (Phi) is 5.21. The third kappa shape index (κ3) is 6.13. The molecule has 0 fully saturated rings. The van der Waals surface area contributed by atoms with Crippen LogP contribution in [0.25, 0.3) is 0 Å². The van der Waals surface area contributed by atoms with E-state index in [1.54, 1.807) is 25.3 Å². The molecule has 1 aromatic rings. The SMILES string of the molecule is CC(=CC(=O)CC(C)(C)C)NCc1ccncc1F. The van der Waals surface area contributed by atoms with Crippen LogP contribution in [0.2, 0.25) is 0 Å². The van der Waals surface area contributed by atoms with E-state index in [-0.39, 0.29) is 17.0 Å². The molecule has 0 spiro atoms. The first-order chi connectivity index (χ1) is 8.78. The molecule has 1 aromatic heterocycles. The van der Waals surface area contributed by atoms with E-state index < -0.39 is 0 Å². The van der Waals surface area contributed by atoms with Gasteiger partial charge in [-0.05, 0) is 24.5 Å². The molecule has 0 aliphatic rings. The number of nitrogens with one attached hydrogen (secondary N) is 1. The highest BCUT2D eigenvalue weighted by Crippen LogP contribution is 2.19.